The third-order valence-corrected chi connectivity index (χ3v) is 3.09. The Labute approximate surface area is 92.5 Å². The molecule has 0 unspecified atom stereocenters. The molecule has 0 spiro atoms. The first-order chi connectivity index (χ1) is 7.60. The van der Waals surface area contributed by atoms with Crippen LogP contribution < -0.4 is 0 Å². The molecule has 1 aliphatic heterocycles. The Kier molecular flexibility index (Phi) is 2.63. The van der Waals surface area contributed by atoms with Crippen LogP contribution in [0.5, 0.6) is 0 Å². The minimum atomic E-state index is -0.656. The van der Waals surface area contributed by atoms with Gasteiger partial charge in [0, 0.05) is 0 Å². The van der Waals surface area contributed by atoms with Crippen LogP contribution in [-0.2, 0) is 9.47 Å². The van der Waals surface area contributed by atoms with E-state index < -0.39 is 24.3 Å². The van der Waals surface area contributed by atoms with Crippen LogP contribution in [0.2, 0.25) is 0 Å². The van der Waals surface area contributed by atoms with Crippen LogP contribution in [0.3, 0.4) is 0 Å². The van der Waals surface area contributed by atoms with Crippen LogP contribution in [0.1, 0.15) is 12.8 Å². The zero-order chi connectivity index (χ0) is 11.9. The summed E-state index contributed by atoms with van der Waals surface area (Å²) < 4.78 is 9.19. The van der Waals surface area contributed by atoms with Crippen molar-refractivity contribution in [2.75, 3.05) is 14.2 Å². The Balaban J connectivity index is 2.24. The van der Waals surface area contributed by atoms with Gasteiger partial charge in [0.05, 0.1) is 32.4 Å². The standard InChI is InChI=1S/C9H14N2O5/c1-15-8(13)10-5-3-6(7(12)4-5)11(10)9(14)16-2/h5-7,12H,3-4H2,1-2H3/t5-,6+,7+/m1/s1. The number of aliphatic hydroxyl groups is 1. The largest absolute Gasteiger partial charge is 0.452 e. The van der Waals surface area contributed by atoms with Gasteiger partial charge in [-0.1, -0.05) is 0 Å². The van der Waals surface area contributed by atoms with Gasteiger partial charge >= 0.3 is 12.2 Å². The maximum absolute atomic E-state index is 11.5. The van der Waals surface area contributed by atoms with Gasteiger partial charge in [-0.3, -0.25) is 0 Å². The predicted octanol–water partition coefficient (Wildman–Crippen LogP) is -0.0563. The molecule has 2 aliphatic rings. The van der Waals surface area contributed by atoms with Gasteiger partial charge in [-0.05, 0) is 12.8 Å². The molecule has 7 heteroatoms. The minimum absolute atomic E-state index is 0.188. The van der Waals surface area contributed by atoms with Crippen LogP contribution in [0.15, 0.2) is 0 Å². The summed E-state index contributed by atoms with van der Waals surface area (Å²) in [6, 6.07) is -0.580. The Morgan fingerprint density at radius 2 is 1.69 bits per heavy atom. The zero-order valence-corrected chi connectivity index (χ0v) is 9.12. The number of ether oxygens (including phenoxy) is 2. The average Bonchev–Trinajstić information content (AvgIpc) is 2.82. The molecule has 16 heavy (non-hydrogen) atoms. The van der Waals surface area contributed by atoms with Crippen molar-refractivity contribution in [3.8, 4) is 0 Å². The summed E-state index contributed by atoms with van der Waals surface area (Å²) in [6.07, 6.45) is -0.843. The van der Waals surface area contributed by atoms with E-state index in [1.54, 1.807) is 0 Å². The summed E-state index contributed by atoms with van der Waals surface area (Å²) in [5, 5.41) is 12.0. The quantitative estimate of drug-likeness (QED) is 0.630. The molecule has 1 saturated carbocycles. The van der Waals surface area contributed by atoms with Gasteiger partial charge in [-0.25, -0.2) is 19.6 Å². The maximum atomic E-state index is 11.5. The second kappa shape index (κ2) is 3.82. The zero-order valence-electron chi connectivity index (χ0n) is 9.12. The molecule has 2 bridgehead atoms. The number of amides is 2. The number of fused-ring (bicyclic) bond motifs is 2. The van der Waals surface area contributed by atoms with Crippen molar-refractivity contribution >= 4 is 12.2 Å². The highest BCUT2D eigenvalue weighted by Crippen LogP contribution is 2.38. The second-order valence-corrected chi connectivity index (χ2v) is 3.89. The highest BCUT2D eigenvalue weighted by Gasteiger charge is 2.54. The van der Waals surface area contributed by atoms with Gasteiger partial charge < -0.3 is 14.6 Å². The molecule has 0 aromatic heterocycles. The van der Waals surface area contributed by atoms with Crippen LogP contribution in [-0.4, -0.2) is 59.7 Å². The third kappa shape index (κ3) is 1.39. The molecule has 90 valence electrons. The first kappa shape index (κ1) is 11.0. The van der Waals surface area contributed by atoms with Gasteiger partial charge in [-0.2, -0.15) is 0 Å². The lowest BCUT2D eigenvalue weighted by atomic mass is 10.2. The predicted molar refractivity (Wildman–Crippen MR) is 51.3 cm³/mol. The highest BCUT2D eigenvalue weighted by molar-refractivity contribution is 5.76. The van der Waals surface area contributed by atoms with E-state index in [1.807, 2.05) is 0 Å². The summed E-state index contributed by atoms with van der Waals surface area (Å²) in [4.78, 5) is 23.0. The first-order valence-electron chi connectivity index (χ1n) is 5.02. The highest BCUT2D eigenvalue weighted by atomic mass is 16.6. The minimum Gasteiger partial charge on any atom is -0.452 e. The monoisotopic (exact) mass is 230 g/mol. The molecule has 0 radical (unpaired) electrons. The van der Waals surface area contributed by atoms with E-state index in [2.05, 4.69) is 9.47 Å². The van der Waals surface area contributed by atoms with Gasteiger partial charge in [0.1, 0.15) is 0 Å². The topological polar surface area (TPSA) is 79.3 Å². The Bertz CT molecular complexity index is 321. The molecule has 7 nitrogen and oxygen atoms in total. The first-order valence-corrected chi connectivity index (χ1v) is 5.02. The summed E-state index contributed by atoms with van der Waals surface area (Å²) >= 11 is 0. The van der Waals surface area contributed by atoms with E-state index in [0.717, 1.165) is 5.01 Å². The van der Waals surface area contributed by atoms with E-state index in [0.29, 0.717) is 12.8 Å². The number of hydrogen-bond acceptors (Lipinski definition) is 5. The van der Waals surface area contributed by atoms with Crippen LogP contribution >= 0.6 is 0 Å². The van der Waals surface area contributed by atoms with Crippen LogP contribution in [0.25, 0.3) is 0 Å². The number of hydrogen-bond donors (Lipinski definition) is 1. The Hall–Kier alpha value is -1.50. The Morgan fingerprint density at radius 1 is 1.12 bits per heavy atom. The number of methoxy groups -OCH3 is 2. The molecule has 1 saturated heterocycles. The van der Waals surface area contributed by atoms with E-state index in [1.165, 1.54) is 19.2 Å². The van der Waals surface area contributed by atoms with Gasteiger partial charge in [0.2, 0.25) is 0 Å². The van der Waals surface area contributed by atoms with Gasteiger partial charge in [-0.15, -0.1) is 0 Å². The van der Waals surface area contributed by atoms with E-state index in [9.17, 15) is 14.7 Å². The van der Waals surface area contributed by atoms with E-state index >= 15 is 0 Å². The fourth-order valence-electron chi connectivity index (χ4n) is 2.41. The smallest absolute Gasteiger partial charge is 0.429 e. The third-order valence-electron chi connectivity index (χ3n) is 3.09. The summed E-state index contributed by atoms with van der Waals surface area (Å²) in [6.45, 7) is 0. The number of carbonyl (C=O) groups is 2. The molecule has 1 aliphatic carbocycles. The lowest BCUT2D eigenvalue weighted by molar-refractivity contribution is -0.0679. The fraction of sp³-hybridized carbons (Fsp3) is 0.778. The lowest BCUT2D eigenvalue weighted by Gasteiger charge is -2.37. The van der Waals surface area contributed by atoms with Gasteiger partial charge in [0.25, 0.3) is 0 Å². The number of aliphatic hydroxyl groups excluding tert-OH is 1. The van der Waals surface area contributed by atoms with Crippen molar-refractivity contribution in [3.63, 3.8) is 0 Å². The molecule has 0 aromatic carbocycles. The lowest BCUT2D eigenvalue weighted by Crippen LogP contribution is -2.57. The second-order valence-electron chi connectivity index (χ2n) is 3.89. The van der Waals surface area contributed by atoms with E-state index in [4.69, 9.17) is 0 Å². The SMILES string of the molecule is COC(=O)N1[C@H]2C[C@H](O)[C@H](C2)N1C(=O)OC. The van der Waals surface area contributed by atoms with E-state index in [-0.39, 0.29) is 6.04 Å². The maximum Gasteiger partial charge on any atom is 0.429 e. The molecule has 2 amide bonds. The van der Waals surface area contributed by atoms with Crippen LogP contribution in [0.4, 0.5) is 9.59 Å². The molecular weight excluding hydrogens is 216 g/mol. The van der Waals surface area contributed by atoms with Crippen molar-refractivity contribution in [2.24, 2.45) is 0 Å². The van der Waals surface area contributed by atoms with Crippen molar-refractivity contribution in [2.45, 2.75) is 31.0 Å². The molecule has 3 atom stereocenters. The molecule has 2 fully saturated rings. The molecule has 0 aromatic rings. The van der Waals surface area contributed by atoms with Crippen molar-refractivity contribution in [1.29, 1.82) is 0 Å². The van der Waals surface area contributed by atoms with Crippen molar-refractivity contribution < 1.29 is 24.2 Å². The van der Waals surface area contributed by atoms with Crippen LogP contribution in [0, 0.1) is 0 Å². The summed E-state index contributed by atoms with van der Waals surface area (Å²) in [5.74, 6) is 0. The number of rotatable bonds is 0. The average molecular weight is 230 g/mol. The number of carbonyl (C=O) groups excluding carboxylic acids is 2. The van der Waals surface area contributed by atoms with Crippen molar-refractivity contribution in [1.82, 2.24) is 10.0 Å². The molecule has 1 heterocycles. The number of nitrogens with zero attached hydrogens (tertiary/aromatic N) is 2. The normalized spacial score (nSPS) is 31.8. The fourth-order valence-corrected chi connectivity index (χ4v) is 2.41. The summed E-state index contributed by atoms with van der Waals surface area (Å²) in [5.41, 5.74) is 0. The summed E-state index contributed by atoms with van der Waals surface area (Å²) in [7, 11) is 2.48. The van der Waals surface area contributed by atoms with Crippen molar-refractivity contribution in [3.05, 3.63) is 0 Å². The molecule has 2 rings (SSSR count). The molecular formula is C9H14N2O5. The molecule has 1 N–H and O–H groups in total. The number of hydrazine groups is 1. The Morgan fingerprint density at radius 3 is 2.25 bits per heavy atom. The van der Waals surface area contributed by atoms with Gasteiger partial charge in [0.15, 0.2) is 0 Å².